The molecule has 5 heteroatoms. The van der Waals surface area contributed by atoms with E-state index in [9.17, 15) is 4.79 Å². The minimum Gasteiger partial charge on any atom is -0.497 e. The summed E-state index contributed by atoms with van der Waals surface area (Å²) in [6.07, 6.45) is 3.58. The van der Waals surface area contributed by atoms with E-state index in [2.05, 4.69) is 5.10 Å². The predicted molar refractivity (Wildman–Crippen MR) is 97.0 cm³/mol. The summed E-state index contributed by atoms with van der Waals surface area (Å²) in [5, 5.41) is 4.52. The second-order valence-electron chi connectivity index (χ2n) is 5.81. The Kier molecular flexibility index (Phi) is 3.82. The van der Waals surface area contributed by atoms with Crippen LogP contribution in [0.2, 0.25) is 0 Å². The molecule has 0 aliphatic carbocycles. The van der Waals surface area contributed by atoms with Gasteiger partial charge in [-0.05, 0) is 23.8 Å². The van der Waals surface area contributed by atoms with Crippen LogP contribution in [0.5, 0.6) is 5.75 Å². The molecule has 4 aromatic rings. The Hall–Kier alpha value is -3.34. The highest BCUT2D eigenvalue weighted by molar-refractivity contribution is 5.66. The van der Waals surface area contributed by atoms with Gasteiger partial charge in [-0.25, -0.2) is 4.52 Å². The van der Waals surface area contributed by atoms with Gasteiger partial charge in [0.25, 0.3) is 5.56 Å². The fourth-order valence-electron chi connectivity index (χ4n) is 2.85. The summed E-state index contributed by atoms with van der Waals surface area (Å²) >= 11 is 0. The van der Waals surface area contributed by atoms with Gasteiger partial charge in [0.15, 0.2) is 0 Å². The van der Waals surface area contributed by atoms with Crippen LogP contribution in [0, 0.1) is 0 Å². The van der Waals surface area contributed by atoms with Crippen molar-refractivity contribution in [1.82, 2.24) is 14.2 Å². The standard InChI is InChI=1S/C20H17N3O2/c1-25-17-9-5-8-16(12-17)18-13-19-20(24)22(10-11-23(19)21-18)14-15-6-3-2-4-7-15/h2-13H,14H2,1H3. The third kappa shape index (κ3) is 2.92. The lowest BCUT2D eigenvalue weighted by molar-refractivity contribution is 0.415. The van der Waals surface area contributed by atoms with Gasteiger partial charge in [-0.15, -0.1) is 0 Å². The molecule has 25 heavy (non-hydrogen) atoms. The topological polar surface area (TPSA) is 48.5 Å². The summed E-state index contributed by atoms with van der Waals surface area (Å²) in [6.45, 7) is 0.538. The molecule has 0 saturated carbocycles. The van der Waals surface area contributed by atoms with E-state index >= 15 is 0 Å². The molecule has 2 aromatic carbocycles. The van der Waals surface area contributed by atoms with E-state index in [1.165, 1.54) is 0 Å². The average Bonchev–Trinajstić information content (AvgIpc) is 3.10. The number of fused-ring (bicyclic) bond motifs is 1. The average molecular weight is 331 g/mol. The molecule has 0 aliphatic rings. The zero-order chi connectivity index (χ0) is 17.2. The lowest BCUT2D eigenvalue weighted by Gasteiger charge is -2.05. The van der Waals surface area contributed by atoms with Crippen molar-refractivity contribution in [3.05, 3.63) is 89.0 Å². The molecule has 0 bridgehead atoms. The maximum atomic E-state index is 12.8. The van der Waals surface area contributed by atoms with Crippen molar-refractivity contribution >= 4 is 5.52 Å². The molecule has 5 nitrogen and oxygen atoms in total. The first kappa shape index (κ1) is 15.2. The van der Waals surface area contributed by atoms with Crippen LogP contribution in [-0.4, -0.2) is 21.3 Å². The summed E-state index contributed by atoms with van der Waals surface area (Å²) in [4.78, 5) is 12.8. The van der Waals surface area contributed by atoms with E-state index in [1.54, 1.807) is 22.4 Å². The lowest BCUT2D eigenvalue weighted by Crippen LogP contribution is -2.21. The zero-order valence-corrected chi connectivity index (χ0v) is 13.8. The molecule has 4 rings (SSSR count). The molecule has 0 radical (unpaired) electrons. The van der Waals surface area contributed by atoms with Crippen LogP contribution in [0.3, 0.4) is 0 Å². The molecule has 2 heterocycles. The predicted octanol–water partition coefficient (Wildman–Crippen LogP) is 3.22. The second kappa shape index (κ2) is 6.28. The Labute approximate surface area is 144 Å². The summed E-state index contributed by atoms with van der Waals surface area (Å²) in [5.41, 5.74) is 3.23. The highest BCUT2D eigenvalue weighted by Gasteiger charge is 2.10. The Morgan fingerprint density at radius 3 is 2.64 bits per heavy atom. The third-order valence-electron chi connectivity index (χ3n) is 4.16. The van der Waals surface area contributed by atoms with E-state index in [-0.39, 0.29) is 5.56 Å². The zero-order valence-electron chi connectivity index (χ0n) is 13.8. The number of aromatic nitrogens is 3. The molecule has 0 amide bonds. The largest absolute Gasteiger partial charge is 0.497 e. The number of nitrogens with zero attached hydrogens (tertiary/aromatic N) is 3. The van der Waals surface area contributed by atoms with Crippen LogP contribution in [-0.2, 0) is 6.54 Å². The summed E-state index contributed by atoms with van der Waals surface area (Å²) in [7, 11) is 1.63. The van der Waals surface area contributed by atoms with Gasteiger partial charge >= 0.3 is 0 Å². The normalized spacial score (nSPS) is 10.9. The van der Waals surface area contributed by atoms with Crippen LogP contribution < -0.4 is 10.3 Å². The van der Waals surface area contributed by atoms with E-state index in [0.717, 1.165) is 22.6 Å². The van der Waals surface area contributed by atoms with Crippen LogP contribution >= 0.6 is 0 Å². The smallest absolute Gasteiger partial charge is 0.276 e. The minimum atomic E-state index is -0.0620. The summed E-state index contributed by atoms with van der Waals surface area (Å²) in [5.74, 6) is 0.760. The van der Waals surface area contributed by atoms with Crippen molar-refractivity contribution in [3.8, 4) is 17.0 Å². The molecular formula is C20H17N3O2. The van der Waals surface area contributed by atoms with Crippen LogP contribution in [0.25, 0.3) is 16.8 Å². The molecule has 2 aromatic heterocycles. The van der Waals surface area contributed by atoms with Gasteiger partial charge in [0, 0.05) is 18.0 Å². The highest BCUT2D eigenvalue weighted by Crippen LogP contribution is 2.23. The van der Waals surface area contributed by atoms with Gasteiger partial charge in [-0.3, -0.25) is 4.79 Å². The molecule has 0 fully saturated rings. The molecular weight excluding hydrogens is 314 g/mol. The number of methoxy groups -OCH3 is 1. The van der Waals surface area contributed by atoms with E-state index < -0.39 is 0 Å². The van der Waals surface area contributed by atoms with E-state index in [0.29, 0.717) is 12.1 Å². The number of rotatable bonds is 4. The van der Waals surface area contributed by atoms with Gasteiger partial charge in [-0.2, -0.15) is 5.10 Å². The number of hydrogen-bond acceptors (Lipinski definition) is 3. The molecule has 0 unspecified atom stereocenters. The maximum Gasteiger partial charge on any atom is 0.276 e. The monoisotopic (exact) mass is 331 g/mol. The van der Waals surface area contributed by atoms with Crippen molar-refractivity contribution < 1.29 is 4.74 Å². The van der Waals surface area contributed by atoms with Gasteiger partial charge in [0.2, 0.25) is 0 Å². The minimum absolute atomic E-state index is 0.0620. The third-order valence-corrected chi connectivity index (χ3v) is 4.16. The molecule has 0 saturated heterocycles. The molecule has 0 aliphatic heterocycles. The number of hydrogen-bond donors (Lipinski definition) is 0. The van der Waals surface area contributed by atoms with Gasteiger partial charge in [-0.1, -0.05) is 42.5 Å². The molecule has 0 N–H and O–H groups in total. The molecule has 124 valence electrons. The van der Waals surface area contributed by atoms with Crippen LogP contribution in [0.1, 0.15) is 5.56 Å². The second-order valence-corrected chi connectivity index (χ2v) is 5.81. The maximum absolute atomic E-state index is 12.8. The van der Waals surface area contributed by atoms with Crippen molar-refractivity contribution in [3.63, 3.8) is 0 Å². The lowest BCUT2D eigenvalue weighted by atomic mass is 10.1. The first-order valence-corrected chi connectivity index (χ1v) is 8.02. The number of ether oxygens (including phenoxy) is 1. The first-order valence-electron chi connectivity index (χ1n) is 8.02. The van der Waals surface area contributed by atoms with Crippen molar-refractivity contribution in [2.45, 2.75) is 6.54 Å². The van der Waals surface area contributed by atoms with Crippen LogP contribution in [0.4, 0.5) is 0 Å². The number of benzene rings is 2. The van der Waals surface area contributed by atoms with E-state index in [1.807, 2.05) is 66.9 Å². The van der Waals surface area contributed by atoms with Gasteiger partial charge in [0.05, 0.1) is 19.3 Å². The van der Waals surface area contributed by atoms with Crippen molar-refractivity contribution in [1.29, 1.82) is 0 Å². The highest BCUT2D eigenvalue weighted by atomic mass is 16.5. The fourth-order valence-corrected chi connectivity index (χ4v) is 2.85. The Balaban J connectivity index is 1.76. The van der Waals surface area contributed by atoms with Crippen molar-refractivity contribution in [2.75, 3.05) is 7.11 Å². The quantitative estimate of drug-likeness (QED) is 0.577. The summed E-state index contributed by atoms with van der Waals surface area (Å²) < 4.78 is 8.58. The van der Waals surface area contributed by atoms with Crippen LogP contribution in [0.15, 0.2) is 77.9 Å². The molecule has 0 spiro atoms. The SMILES string of the molecule is COc1cccc(-c2cc3c(=O)n(Cc4ccccc4)ccn3n2)c1. The fraction of sp³-hybridized carbons (Fsp3) is 0.100. The van der Waals surface area contributed by atoms with E-state index in [4.69, 9.17) is 4.74 Å². The van der Waals surface area contributed by atoms with Gasteiger partial charge in [0.1, 0.15) is 11.3 Å². The Bertz CT molecular complexity index is 1080. The van der Waals surface area contributed by atoms with Gasteiger partial charge < -0.3 is 9.30 Å². The first-order chi connectivity index (χ1) is 12.2. The van der Waals surface area contributed by atoms with Crippen molar-refractivity contribution in [2.24, 2.45) is 0 Å². The molecule has 0 atom stereocenters. The Morgan fingerprint density at radius 1 is 1.00 bits per heavy atom. The Morgan fingerprint density at radius 2 is 1.84 bits per heavy atom. The summed E-state index contributed by atoms with van der Waals surface area (Å²) in [6, 6.07) is 19.4.